The van der Waals surface area contributed by atoms with Crippen LogP contribution < -0.4 is 13.9 Å². The number of fused-ring (bicyclic) bond motifs is 1. The van der Waals surface area contributed by atoms with Crippen LogP contribution in [0.25, 0.3) is 0 Å². The van der Waals surface area contributed by atoms with Gasteiger partial charge in [0.1, 0.15) is 5.75 Å². The second-order valence-corrected chi connectivity index (χ2v) is 9.14. The van der Waals surface area contributed by atoms with E-state index in [0.29, 0.717) is 17.9 Å². The first-order valence-electron chi connectivity index (χ1n) is 9.34. The fraction of sp³-hybridized carbons (Fsp3) is 0.381. The number of carbonyl (C=O) groups is 1. The van der Waals surface area contributed by atoms with E-state index in [4.69, 9.17) is 4.74 Å². The minimum atomic E-state index is -3.32. The van der Waals surface area contributed by atoms with Crippen LogP contribution in [0.5, 0.6) is 5.75 Å². The number of carbonyl (C=O) groups excluding carboxylic acids is 1. The Morgan fingerprint density at radius 1 is 1.21 bits per heavy atom. The first-order valence-corrected chi connectivity index (χ1v) is 11.2. The van der Waals surface area contributed by atoms with Gasteiger partial charge < -0.3 is 9.64 Å². The highest BCUT2D eigenvalue weighted by atomic mass is 32.2. The third kappa shape index (κ3) is 3.99. The van der Waals surface area contributed by atoms with Crippen molar-refractivity contribution >= 4 is 27.3 Å². The summed E-state index contributed by atoms with van der Waals surface area (Å²) in [5.41, 5.74) is 2.66. The Bertz CT molecular complexity index is 957. The molecule has 150 valence electrons. The summed E-state index contributed by atoms with van der Waals surface area (Å²) in [4.78, 5) is 15.0. The highest BCUT2D eigenvalue weighted by Gasteiger charge is 2.35. The van der Waals surface area contributed by atoms with Gasteiger partial charge in [-0.15, -0.1) is 0 Å². The number of para-hydroxylation sites is 1. The predicted molar refractivity (Wildman–Crippen MR) is 111 cm³/mol. The molecule has 1 aliphatic heterocycles. The number of benzene rings is 2. The second kappa shape index (κ2) is 7.83. The lowest BCUT2D eigenvalue weighted by Crippen LogP contribution is -2.44. The molecule has 2 atom stereocenters. The molecule has 0 aliphatic carbocycles. The molecule has 0 radical (unpaired) electrons. The highest BCUT2D eigenvalue weighted by molar-refractivity contribution is 7.92. The van der Waals surface area contributed by atoms with Crippen LogP contribution in [0, 0.1) is 0 Å². The number of rotatable bonds is 6. The number of ether oxygens (including phenoxy) is 1. The van der Waals surface area contributed by atoms with Crippen molar-refractivity contribution in [3.8, 4) is 5.75 Å². The maximum Gasteiger partial charge on any atom is 0.268 e. The molecule has 7 heteroatoms. The third-order valence-electron chi connectivity index (χ3n) is 5.07. The summed E-state index contributed by atoms with van der Waals surface area (Å²) < 4.78 is 30.5. The zero-order valence-electron chi connectivity index (χ0n) is 16.6. The predicted octanol–water partition coefficient (Wildman–Crippen LogP) is 3.22. The van der Waals surface area contributed by atoms with Gasteiger partial charge in [0.05, 0.1) is 11.9 Å². The van der Waals surface area contributed by atoms with Crippen LogP contribution in [0.15, 0.2) is 48.5 Å². The molecule has 1 aliphatic rings. The zero-order chi connectivity index (χ0) is 20.5. The molecule has 0 saturated carbocycles. The highest BCUT2D eigenvalue weighted by Crippen LogP contribution is 2.33. The Labute approximate surface area is 166 Å². The van der Waals surface area contributed by atoms with Crippen LogP contribution in [0.2, 0.25) is 0 Å². The maximum absolute atomic E-state index is 13.2. The molecule has 6 nitrogen and oxygen atoms in total. The monoisotopic (exact) mass is 402 g/mol. The van der Waals surface area contributed by atoms with Crippen molar-refractivity contribution in [1.29, 1.82) is 0 Å². The lowest BCUT2D eigenvalue weighted by Gasteiger charge is -2.27. The molecule has 2 aromatic rings. The van der Waals surface area contributed by atoms with Gasteiger partial charge in [0, 0.05) is 18.8 Å². The van der Waals surface area contributed by atoms with Crippen molar-refractivity contribution in [3.05, 3.63) is 54.1 Å². The number of anilines is 2. The normalized spacial score (nSPS) is 17.1. The van der Waals surface area contributed by atoms with E-state index in [0.717, 1.165) is 18.4 Å². The van der Waals surface area contributed by atoms with Crippen LogP contribution in [0.4, 0.5) is 11.4 Å². The molecule has 0 N–H and O–H groups in total. The van der Waals surface area contributed by atoms with Crippen LogP contribution in [0.1, 0.15) is 25.8 Å². The topological polar surface area (TPSA) is 66.9 Å². The fourth-order valence-electron chi connectivity index (χ4n) is 3.46. The van der Waals surface area contributed by atoms with E-state index >= 15 is 0 Å². The molecule has 28 heavy (non-hydrogen) atoms. The third-order valence-corrected chi connectivity index (χ3v) is 6.27. The van der Waals surface area contributed by atoms with Crippen molar-refractivity contribution in [2.75, 3.05) is 22.5 Å². The molecule has 2 aromatic carbocycles. The Morgan fingerprint density at radius 2 is 1.86 bits per heavy atom. The van der Waals surface area contributed by atoms with E-state index in [9.17, 15) is 13.2 Å². The molecule has 0 aromatic heterocycles. The summed E-state index contributed by atoms with van der Waals surface area (Å²) in [6.45, 7) is 3.96. The van der Waals surface area contributed by atoms with E-state index in [1.807, 2.05) is 36.9 Å². The molecule has 1 amide bonds. The lowest BCUT2D eigenvalue weighted by molar-refractivity contribution is -0.125. The zero-order valence-corrected chi connectivity index (χ0v) is 17.4. The summed E-state index contributed by atoms with van der Waals surface area (Å²) in [5.74, 6) is 0.475. The molecule has 0 fully saturated rings. The van der Waals surface area contributed by atoms with Gasteiger partial charge >= 0.3 is 0 Å². The van der Waals surface area contributed by atoms with E-state index in [1.54, 1.807) is 24.3 Å². The number of hydrogen-bond donors (Lipinski definition) is 0. The van der Waals surface area contributed by atoms with Gasteiger partial charge in [0.25, 0.3) is 5.91 Å². The van der Waals surface area contributed by atoms with Crippen LogP contribution in [0.3, 0.4) is 0 Å². The van der Waals surface area contributed by atoms with Crippen LogP contribution in [-0.4, -0.2) is 39.8 Å². The van der Waals surface area contributed by atoms with Crippen molar-refractivity contribution in [2.45, 2.75) is 38.8 Å². The molecule has 0 bridgehead atoms. The minimum absolute atomic E-state index is 0.0581. The van der Waals surface area contributed by atoms with Gasteiger partial charge in [-0.25, -0.2) is 8.42 Å². The van der Waals surface area contributed by atoms with Gasteiger partial charge in [-0.05, 0) is 55.7 Å². The minimum Gasteiger partial charge on any atom is -0.481 e. The number of amides is 1. The molecule has 0 unspecified atom stereocenters. The van der Waals surface area contributed by atoms with Gasteiger partial charge in [0.2, 0.25) is 10.0 Å². The Morgan fingerprint density at radius 3 is 2.46 bits per heavy atom. The van der Waals surface area contributed by atoms with Crippen molar-refractivity contribution in [2.24, 2.45) is 0 Å². The van der Waals surface area contributed by atoms with Crippen LogP contribution >= 0.6 is 0 Å². The fourth-order valence-corrected chi connectivity index (χ4v) is 3.96. The van der Waals surface area contributed by atoms with Gasteiger partial charge in [-0.2, -0.15) is 0 Å². The largest absolute Gasteiger partial charge is 0.481 e. The molecular weight excluding hydrogens is 376 g/mol. The van der Waals surface area contributed by atoms with Gasteiger partial charge in [-0.1, -0.05) is 25.1 Å². The Hall–Kier alpha value is -2.54. The van der Waals surface area contributed by atoms with Crippen molar-refractivity contribution in [1.82, 2.24) is 0 Å². The summed E-state index contributed by atoms with van der Waals surface area (Å²) in [7, 11) is -1.83. The Kier molecular flexibility index (Phi) is 5.65. The average Bonchev–Trinajstić information content (AvgIpc) is 3.00. The average molecular weight is 403 g/mol. The first kappa shape index (κ1) is 20.2. The molecule has 0 saturated heterocycles. The maximum atomic E-state index is 13.2. The van der Waals surface area contributed by atoms with E-state index < -0.39 is 16.1 Å². The standard InChI is InChI=1S/C21H26N2O4S/c1-5-20(21(24)23-15(2)14-16-8-6-7-9-19(16)23)27-18-12-10-17(11-13-18)22(3)28(4,25)26/h6-13,15,20H,5,14H2,1-4H3/t15-,20-/m0/s1. The van der Waals surface area contributed by atoms with Crippen molar-refractivity contribution in [3.63, 3.8) is 0 Å². The molecular formula is C21H26N2O4S. The van der Waals surface area contributed by atoms with Gasteiger partial charge in [-0.3, -0.25) is 9.10 Å². The van der Waals surface area contributed by atoms with E-state index in [2.05, 4.69) is 6.07 Å². The quantitative estimate of drug-likeness (QED) is 0.744. The molecule has 3 rings (SSSR count). The summed E-state index contributed by atoms with van der Waals surface area (Å²) >= 11 is 0. The summed E-state index contributed by atoms with van der Waals surface area (Å²) in [6.07, 6.45) is 1.92. The smallest absolute Gasteiger partial charge is 0.268 e. The molecule has 1 heterocycles. The second-order valence-electron chi connectivity index (χ2n) is 7.13. The SMILES string of the molecule is CC[C@H](Oc1ccc(N(C)S(C)(=O)=O)cc1)C(=O)N1c2ccccc2C[C@@H]1C. The van der Waals surface area contributed by atoms with Crippen molar-refractivity contribution < 1.29 is 17.9 Å². The Balaban J connectivity index is 1.77. The number of sulfonamides is 1. The van der Waals surface area contributed by atoms with E-state index in [-0.39, 0.29) is 11.9 Å². The van der Waals surface area contributed by atoms with Crippen LogP contribution in [-0.2, 0) is 21.2 Å². The summed E-state index contributed by atoms with van der Waals surface area (Å²) in [6, 6.07) is 14.8. The number of hydrogen-bond acceptors (Lipinski definition) is 4. The van der Waals surface area contributed by atoms with Gasteiger partial charge in [0.15, 0.2) is 6.10 Å². The number of nitrogens with zero attached hydrogens (tertiary/aromatic N) is 2. The first-order chi connectivity index (χ1) is 13.2. The molecule has 0 spiro atoms. The summed E-state index contributed by atoms with van der Waals surface area (Å²) in [5, 5.41) is 0. The van der Waals surface area contributed by atoms with E-state index in [1.165, 1.54) is 16.9 Å². The lowest BCUT2D eigenvalue weighted by atomic mass is 10.1.